The summed E-state index contributed by atoms with van der Waals surface area (Å²) in [5.74, 6) is -2.48. The largest absolute Gasteiger partial charge is 0.507 e. The van der Waals surface area contributed by atoms with Crippen LogP contribution < -0.4 is 9.64 Å². The van der Waals surface area contributed by atoms with Crippen molar-refractivity contribution < 1.29 is 28.2 Å². The highest BCUT2D eigenvalue weighted by Gasteiger charge is 2.47. The first kappa shape index (κ1) is 22.2. The number of amides is 1. The molecular formula is C26H21F2NO4. The second kappa shape index (κ2) is 8.86. The average Bonchev–Trinajstić information content (AvgIpc) is 3.06. The maximum atomic E-state index is 13.6. The number of rotatable bonds is 5. The van der Waals surface area contributed by atoms with Gasteiger partial charge in [-0.25, -0.2) is 8.78 Å². The zero-order chi connectivity index (χ0) is 23.7. The Kier molecular flexibility index (Phi) is 5.96. The van der Waals surface area contributed by atoms with Crippen LogP contribution in [0.5, 0.6) is 5.75 Å². The lowest BCUT2D eigenvalue weighted by Gasteiger charge is -2.25. The Hall–Kier alpha value is -4.00. The van der Waals surface area contributed by atoms with E-state index in [0.717, 1.165) is 5.56 Å². The van der Waals surface area contributed by atoms with Gasteiger partial charge in [-0.15, -0.1) is 0 Å². The third kappa shape index (κ3) is 4.09. The van der Waals surface area contributed by atoms with Gasteiger partial charge in [0.1, 0.15) is 23.1 Å². The first-order chi connectivity index (χ1) is 15.8. The summed E-state index contributed by atoms with van der Waals surface area (Å²) in [6.07, 6.45) is 0. The number of aryl methyl sites for hydroxylation is 1. The van der Waals surface area contributed by atoms with Crippen molar-refractivity contribution in [2.75, 3.05) is 11.5 Å². The summed E-state index contributed by atoms with van der Waals surface area (Å²) in [5, 5.41) is 11.2. The molecule has 0 spiro atoms. The number of anilines is 1. The molecule has 1 amide bonds. The van der Waals surface area contributed by atoms with Gasteiger partial charge in [-0.3, -0.25) is 14.5 Å². The van der Waals surface area contributed by atoms with Crippen LogP contribution in [0.4, 0.5) is 14.5 Å². The lowest BCUT2D eigenvalue weighted by molar-refractivity contribution is -0.132. The molecule has 0 radical (unpaired) electrons. The predicted octanol–water partition coefficient (Wildman–Crippen LogP) is 5.30. The van der Waals surface area contributed by atoms with Gasteiger partial charge >= 0.3 is 0 Å². The number of aliphatic hydroxyl groups is 1. The van der Waals surface area contributed by atoms with E-state index in [2.05, 4.69) is 0 Å². The molecule has 5 nitrogen and oxygen atoms in total. The molecule has 1 fully saturated rings. The number of hydrogen-bond donors (Lipinski definition) is 1. The Morgan fingerprint density at radius 2 is 1.58 bits per heavy atom. The van der Waals surface area contributed by atoms with E-state index in [9.17, 15) is 23.5 Å². The number of nitrogens with zero attached hydrogens (tertiary/aromatic N) is 1. The molecule has 3 aromatic rings. The fraction of sp³-hybridized carbons (Fsp3) is 0.154. The molecule has 1 aliphatic rings. The minimum atomic E-state index is -1.03. The normalized spacial score (nSPS) is 17.5. The predicted molar refractivity (Wildman–Crippen MR) is 120 cm³/mol. The molecule has 1 saturated heterocycles. The first-order valence-electron chi connectivity index (χ1n) is 10.4. The van der Waals surface area contributed by atoms with Crippen LogP contribution in [0.3, 0.4) is 0 Å². The molecule has 3 aromatic carbocycles. The molecule has 0 bridgehead atoms. The average molecular weight is 449 g/mol. The van der Waals surface area contributed by atoms with Crippen molar-refractivity contribution in [3.05, 3.63) is 101 Å². The van der Waals surface area contributed by atoms with Gasteiger partial charge in [0.15, 0.2) is 0 Å². The van der Waals surface area contributed by atoms with E-state index >= 15 is 0 Å². The smallest absolute Gasteiger partial charge is 0.300 e. The number of hydrogen-bond acceptors (Lipinski definition) is 4. The standard InChI is InChI=1S/C26H21F2NO4/c1-3-33-21-13-6-17(14-15(21)2)24(30)22-23(16-4-7-18(27)8-5-16)29(26(32)25(22)31)20-11-9-19(28)10-12-20/h4-14,23,30H,3H2,1-2H3/b24-22-. The maximum Gasteiger partial charge on any atom is 0.300 e. The fourth-order valence-electron chi connectivity index (χ4n) is 3.93. The SMILES string of the molecule is CCOc1ccc(/C(O)=C2/C(=O)C(=O)N(c3ccc(F)cc3)C2c2ccc(F)cc2)cc1C. The van der Waals surface area contributed by atoms with Gasteiger partial charge < -0.3 is 9.84 Å². The number of Topliss-reactive ketones (excluding diaryl/α,β-unsaturated/α-hetero) is 1. The molecule has 7 heteroatoms. The Bertz CT molecular complexity index is 1250. The van der Waals surface area contributed by atoms with Crippen LogP contribution in [0.1, 0.15) is 29.7 Å². The summed E-state index contributed by atoms with van der Waals surface area (Å²) >= 11 is 0. The maximum absolute atomic E-state index is 13.6. The van der Waals surface area contributed by atoms with Crippen LogP contribution >= 0.6 is 0 Å². The van der Waals surface area contributed by atoms with Crippen molar-refractivity contribution in [1.82, 2.24) is 0 Å². The van der Waals surface area contributed by atoms with Crippen molar-refractivity contribution in [1.29, 1.82) is 0 Å². The summed E-state index contributed by atoms with van der Waals surface area (Å²) in [6.45, 7) is 4.13. The van der Waals surface area contributed by atoms with E-state index in [0.29, 0.717) is 23.5 Å². The van der Waals surface area contributed by atoms with E-state index < -0.39 is 29.4 Å². The molecule has 0 aromatic heterocycles. The monoisotopic (exact) mass is 449 g/mol. The molecule has 0 saturated carbocycles. The third-order valence-electron chi connectivity index (χ3n) is 5.48. The number of aliphatic hydroxyl groups excluding tert-OH is 1. The molecule has 33 heavy (non-hydrogen) atoms. The highest BCUT2D eigenvalue weighted by atomic mass is 19.1. The Morgan fingerprint density at radius 1 is 0.970 bits per heavy atom. The van der Waals surface area contributed by atoms with Gasteiger partial charge in [-0.1, -0.05) is 12.1 Å². The molecule has 1 atom stereocenters. The molecule has 1 heterocycles. The number of ketones is 1. The van der Waals surface area contributed by atoms with Crippen molar-refractivity contribution in [2.24, 2.45) is 0 Å². The highest BCUT2D eigenvalue weighted by Crippen LogP contribution is 2.42. The second-order valence-electron chi connectivity index (χ2n) is 7.61. The number of benzene rings is 3. The number of ether oxygens (including phenoxy) is 1. The van der Waals surface area contributed by atoms with E-state index in [-0.39, 0.29) is 17.0 Å². The van der Waals surface area contributed by atoms with Gasteiger partial charge in [0.2, 0.25) is 0 Å². The van der Waals surface area contributed by atoms with Gasteiger partial charge in [-0.05, 0) is 79.6 Å². The molecule has 168 valence electrons. The molecule has 1 N–H and O–H groups in total. The quantitative estimate of drug-likeness (QED) is 0.326. The molecule has 0 aliphatic carbocycles. The third-order valence-corrected chi connectivity index (χ3v) is 5.48. The summed E-state index contributed by atoms with van der Waals surface area (Å²) in [4.78, 5) is 27.3. The van der Waals surface area contributed by atoms with Crippen LogP contribution in [0, 0.1) is 18.6 Å². The zero-order valence-corrected chi connectivity index (χ0v) is 18.0. The van der Waals surface area contributed by atoms with Gasteiger partial charge in [-0.2, -0.15) is 0 Å². The summed E-state index contributed by atoms with van der Waals surface area (Å²) < 4.78 is 32.6. The topological polar surface area (TPSA) is 66.8 Å². The van der Waals surface area contributed by atoms with E-state index in [1.54, 1.807) is 25.1 Å². The number of halogens is 2. The van der Waals surface area contributed by atoms with Crippen molar-refractivity contribution in [3.63, 3.8) is 0 Å². The Morgan fingerprint density at radius 3 is 2.15 bits per heavy atom. The summed E-state index contributed by atoms with van der Waals surface area (Å²) in [6, 6.07) is 14.3. The van der Waals surface area contributed by atoms with Gasteiger partial charge in [0.05, 0.1) is 18.2 Å². The molecule has 1 unspecified atom stereocenters. The highest BCUT2D eigenvalue weighted by molar-refractivity contribution is 6.51. The van der Waals surface area contributed by atoms with Crippen molar-refractivity contribution in [2.45, 2.75) is 19.9 Å². The Balaban J connectivity index is 1.90. The minimum absolute atomic E-state index is 0.139. The van der Waals surface area contributed by atoms with Gasteiger partial charge in [0, 0.05) is 11.3 Å². The molecular weight excluding hydrogens is 428 g/mol. The number of carbonyl (C=O) groups excluding carboxylic acids is 2. The second-order valence-corrected chi connectivity index (χ2v) is 7.61. The van der Waals surface area contributed by atoms with Crippen LogP contribution in [0.25, 0.3) is 5.76 Å². The van der Waals surface area contributed by atoms with E-state index in [1.807, 2.05) is 6.92 Å². The molecule has 4 rings (SSSR count). The van der Waals surface area contributed by atoms with Gasteiger partial charge in [0.25, 0.3) is 11.7 Å². The van der Waals surface area contributed by atoms with Crippen molar-refractivity contribution >= 4 is 23.1 Å². The summed E-state index contributed by atoms with van der Waals surface area (Å²) in [5.41, 5.74) is 1.63. The Labute approximate surface area is 189 Å². The molecule has 1 aliphatic heterocycles. The van der Waals surface area contributed by atoms with Crippen LogP contribution in [0.2, 0.25) is 0 Å². The van der Waals surface area contributed by atoms with Crippen LogP contribution in [0.15, 0.2) is 72.3 Å². The minimum Gasteiger partial charge on any atom is -0.507 e. The van der Waals surface area contributed by atoms with E-state index in [4.69, 9.17) is 4.74 Å². The summed E-state index contributed by atoms with van der Waals surface area (Å²) in [7, 11) is 0. The van der Waals surface area contributed by atoms with Crippen molar-refractivity contribution in [3.8, 4) is 5.75 Å². The van der Waals surface area contributed by atoms with Crippen LogP contribution in [-0.4, -0.2) is 23.4 Å². The zero-order valence-electron chi connectivity index (χ0n) is 18.0. The fourth-order valence-corrected chi connectivity index (χ4v) is 3.93. The first-order valence-corrected chi connectivity index (χ1v) is 10.4. The van der Waals surface area contributed by atoms with E-state index in [1.165, 1.54) is 53.4 Å². The number of carbonyl (C=O) groups is 2. The lowest BCUT2D eigenvalue weighted by atomic mass is 9.94. The van der Waals surface area contributed by atoms with Crippen LogP contribution in [-0.2, 0) is 9.59 Å². The lowest BCUT2D eigenvalue weighted by Crippen LogP contribution is -2.29.